The van der Waals surface area contributed by atoms with Gasteiger partial charge in [-0.2, -0.15) is 0 Å². The Hall–Kier alpha value is -4.10. The number of nitrogens with one attached hydrogen (secondary N) is 2. The van der Waals surface area contributed by atoms with E-state index in [1.807, 2.05) is 0 Å². The number of carbonyl (C=O) groups is 3. The Morgan fingerprint density at radius 3 is 2.18 bits per heavy atom. The summed E-state index contributed by atoms with van der Waals surface area (Å²) in [5.74, 6) is -0.524. The molecule has 0 fully saturated rings. The number of imide groups is 1. The smallest absolute Gasteiger partial charge is 0.282 e. The molecule has 166 valence electrons. The fraction of sp³-hybridized carbons (Fsp3) is 0.0800. The first-order valence-corrected chi connectivity index (χ1v) is 10.4. The molecule has 8 heteroatoms. The molecule has 1 aliphatic heterocycles. The van der Waals surface area contributed by atoms with Gasteiger partial charge in [0, 0.05) is 23.3 Å². The lowest BCUT2D eigenvalue weighted by molar-refractivity contribution is -0.120. The molecule has 0 aliphatic carbocycles. The SMILES string of the molecule is COc1ccc(C2=C(Nc3ccc(NC(C)=O)cc3)C(=O)N(c3cccc(Cl)c3)C2=O)cc1. The standard InChI is InChI=1S/C25H20ClN3O4/c1-15(30)27-18-8-10-19(11-9-18)28-23-22(16-6-12-21(33-2)13-7-16)24(31)29(25(23)32)20-5-3-4-17(26)14-20/h3-14,28H,1-2H3,(H,27,30). The van der Waals surface area contributed by atoms with Gasteiger partial charge in [0.1, 0.15) is 11.4 Å². The van der Waals surface area contributed by atoms with E-state index in [4.69, 9.17) is 16.3 Å². The third kappa shape index (κ3) is 4.58. The summed E-state index contributed by atoms with van der Waals surface area (Å²) in [5, 5.41) is 6.18. The maximum absolute atomic E-state index is 13.4. The number of nitrogens with zero attached hydrogens (tertiary/aromatic N) is 1. The second-order valence-corrected chi connectivity index (χ2v) is 7.72. The van der Waals surface area contributed by atoms with E-state index in [2.05, 4.69) is 10.6 Å². The maximum atomic E-state index is 13.4. The Bertz CT molecular complexity index is 1270. The Labute approximate surface area is 195 Å². The number of amides is 3. The van der Waals surface area contributed by atoms with Gasteiger partial charge in [0.05, 0.1) is 18.4 Å². The predicted molar refractivity (Wildman–Crippen MR) is 128 cm³/mol. The van der Waals surface area contributed by atoms with Crippen molar-refractivity contribution in [2.45, 2.75) is 6.92 Å². The van der Waals surface area contributed by atoms with E-state index >= 15 is 0 Å². The molecule has 33 heavy (non-hydrogen) atoms. The summed E-state index contributed by atoms with van der Waals surface area (Å²) in [6.07, 6.45) is 0. The van der Waals surface area contributed by atoms with E-state index in [9.17, 15) is 14.4 Å². The summed E-state index contributed by atoms with van der Waals surface area (Å²) in [6, 6.07) is 20.3. The van der Waals surface area contributed by atoms with Gasteiger partial charge in [-0.3, -0.25) is 14.4 Å². The van der Waals surface area contributed by atoms with Gasteiger partial charge in [-0.25, -0.2) is 4.90 Å². The molecular formula is C25H20ClN3O4. The topological polar surface area (TPSA) is 87.7 Å². The van der Waals surface area contributed by atoms with E-state index < -0.39 is 11.8 Å². The molecule has 3 amide bonds. The van der Waals surface area contributed by atoms with Crippen LogP contribution in [0.5, 0.6) is 5.75 Å². The minimum atomic E-state index is -0.501. The van der Waals surface area contributed by atoms with Gasteiger partial charge in [0.25, 0.3) is 11.8 Å². The van der Waals surface area contributed by atoms with Crippen LogP contribution in [0.25, 0.3) is 5.57 Å². The molecule has 0 spiro atoms. The highest BCUT2D eigenvalue weighted by Crippen LogP contribution is 2.35. The van der Waals surface area contributed by atoms with Crippen LogP contribution in [0, 0.1) is 0 Å². The first-order valence-electron chi connectivity index (χ1n) is 10.0. The van der Waals surface area contributed by atoms with Gasteiger partial charge in [0.15, 0.2) is 0 Å². The minimum Gasteiger partial charge on any atom is -0.497 e. The van der Waals surface area contributed by atoms with Crippen LogP contribution in [0.4, 0.5) is 17.1 Å². The zero-order valence-electron chi connectivity index (χ0n) is 17.9. The summed E-state index contributed by atoms with van der Waals surface area (Å²) in [7, 11) is 1.55. The number of methoxy groups -OCH3 is 1. The zero-order valence-corrected chi connectivity index (χ0v) is 18.6. The molecule has 1 heterocycles. The summed E-state index contributed by atoms with van der Waals surface area (Å²) in [5.41, 5.74) is 2.51. The Balaban J connectivity index is 1.75. The van der Waals surface area contributed by atoms with Crippen molar-refractivity contribution in [2.75, 3.05) is 22.6 Å². The number of ether oxygens (including phenoxy) is 1. The molecular weight excluding hydrogens is 442 g/mol. The van der Waals surface area contributed by atoms with E-state index in [0.29, 0.717) is 33.4 Å². The van der Waals surface area contributed by atoms with E-state index in [-0.39, 0.29) is 17.2 Å². The van der Waals surface area contributed by atoms with Crippen molar-refractivity contribution in [2.24, 2.45) is 0 Å². The van der Waals surface area contributed by atoms with Crippen molar-refractivity contribution in [1.29, 1.82) is 0 Å². The predicted octanol–water partition coefficient (Wildman–Crippen LogP) is 4.70. The average molecular weight is 462 g/mol. The second kappa shape index (κ2) is 9.18. The van der Waals surface area contributed by atoms with Gasteiger partial charge in [-0.15, -0.1) is 0 Å². The molecule has 1 aliphatic rings. The Morgan fingerprint density at radius 2 is 1.58 bits per heavy atom. The van der Waals surface area contributed by atoms with Crippen molar-refractivity contribution in [3.63, 3.8) is 0 Å². The van der Waals surface area contributed by atoms with Crippen molar-refractivity contribution < 1.29 is 19.1 Å². The third-order valence-electron chi connectivity index (χ3n) is 5.00. The monoisotopic (exact) mass is 461 g/mol. The first kappa shape index (κ1) is 22.1. The van der Waals surface area contributed by atoms with Crippen molar-refractivity contribution in [3.05, 3.63) is 89.1 Å². The summed E-state index contributed by atoms with van der Waals surface area (Å²) < 4.78 is 5.21. The largest absolute Gasteiger partial charge is 0.497 e. The lowest BCUT2D eigenvalue weighted by atomic mass is 10.0. The van der Waals surface area contributed by atoms with Gasteiger partial charge < -0.3 is 15.4 Å². The van der Waals surface area contributed by atoms with Gasteiger partial charge in [-0.1, -0.05) is 29.8 Å². The van der Waals surface area contributed by atoms with Crippen molar-refractivity contribution in [3.8, 4) is 5.75 Å². The molecule has 0 saturated heterocycles. The summed E-state index contributed by atoms with van der Waals surface area (Å²) in [6.45, 7) is 1.42. The summed E-state index contributed by atoms with van der Waals surface area (Å²) >= 11 is 6.10. The highest BCUT2D eigenvalue weighted by atomic mass is 35.5. The van der Waals surface area contributed by atoms with Crippen LogP contribution in [-0.4, -0.2) is 24.8 Å². The maximum Gasteiger partial charge on any atom is 0.282 e. The first-order chi connectivity index (χ1) is 15.9. The quantitative estimate of drug-likeness (QED) is 0.519. The molecule has 4 rings (SSSR count). The average Bonchev–Trinajstić information content (AvgIpc) is 3.04. The van der Waals surface area contributed by atoms with Crippen LogP contribution in [0.3, 0.4) is 0 Å². The molecule has 7 nitrogen and oxygen atoms in total. The minimum absolute atomic E-state index is 0.136. The van der Waals surface area contributed by atoms with Crippen LogP contribution >= 0.6 is 11.6 Å². The second-order valence-electron chi connectivity index (χ2n) is 7.29. The van der Waals surface area contributed by atoms with E-state index in [1.54, 1.807) is 79.9 Å². The fourth-order valence-electron chi connectivity index (χ4n) is 3.51. The van der Waals surface area contributed by atoms with Crippen LogP contribution < -0.4 is 20.3 Å². The number of anilines is 3. The number of halogens is 1. The Kier molecular flexibility index (Phi) is 6.15. The normalized spacial score (nSPS) is 13.4. The zero-order chi connectivity index (χ0) is 23.5. The van der Waals surface area contributed by atoms with E-state index in [0.717, 1.165) is 4.90 Å². The molecule has 0 atom stereocenters. The van der Waals surface area contributed by atoms with Crippen molar-refractivity contribution >= 4 is 52.0 Å². The number of benzene rings is 3. The molecule has 0 radical (unpaired) electrons. The van der Waals surface area contributed by atoms with Gasteiger partial charge >= 0.3 is 0 Å². The number of rotatable bonds is 6. The highest BCUT2D eigenvalue weighted by Gasteiger charge is 2.40. The van der Waals surface area contributed by atoms with Gasteiger partial charge in [0.2, 0.25) is 5.91 Å². The lowest BCUT2D eigenvalue weighted by Crippen LogP contribution is -2.32. The molecule has 0 unspecified atom stereocenters. The number of hydrogen-bond acceptors (Lipinski definition) is 5. The Morgan fingerprint density at radius 1 is 0.909 bits per heavy atom. The van der Waals surface area contributed by atoms with E-state index in [1.165, 1.54) is 6.92 Å². The summed E-state index contributed by atoms with van der Waals surface area (Å²) in [4.78, 5) is 39.2. The third-order valence-corrected chi connectivity index (χ3v) is 5.24. The fourth-order valence-corrected chi connectivity index (χ4v) is 3.69. The molecule has 0 bridgehead atoms. The highest BCUT2D eigenvalue weighted by molar-refractivity contribution is 6.46. The molecule has 3 aromatic carbocycles. The molecule has 2 N–H and O–H groups in total. The molecule has 3 aromatic rings. The van der Waals surface area contributed by atoms with Crippen LogP contribution in [0.1, 0.15) is 12.5 Å². The van der Waals surface area contributed by atoms with Gasteiger partial charge in [-0.05, 0) is 60.2 Å². The van der Waals surface area contributed by atoms with Crippen molar-refractivity contribution in [1.82, 2.24) is 0 Å². The molecule has 0 saturated carbocycles. The van der Waals surface area contributed by atoms with Crippen LogP contribution in [0.2, 0.25) is 5.02 Å². The molecule has 0 aromatic heterocycles. The number of hydrogen-bond donors (Lipinski definition) is 2. The number of carbonyl (C=O) groups excluding carboxylic acids is 3. The van der Waals surface area contributed by atoms with Crippen LogP contribution in [-0.2, 0) is 14.4 Å². The lowest BCUT2D eigenvalue weighted by Gasteiger charge is -2.15. The van der Waals surface area contributed by atoms with Crippen LogP contribution in [0.15, 0.2) is 78.5 Å².